The largest absolute Gasteiger partial charge is 0.340 e. The van der Waals surface area contributed by atoms with Crippen molar-refractivity contribution in [2.45, 2.75) is 19.8 Å². The third-order valence-corrected chi connectivity index (χ3v) is 4.36. The van der Waals surface area contributed by atoms with Gasteiger partial charge in [-0.15, -0.1) is 0 Å². The number of nitrogens with zero attached hydrogens (tertiary/aromatic N) is 2. The first-order valence-electron chi connectivity index (χ1n) is 5.51. The van der Waals surface area contributed by atoms with E-state index in [9.17, 15) is 0 Å². The van der Waals surface area contributed by atoms with Crippen LogP contribution in [0.5, 0.6) is 0 Å². The van der Waals surface area contributed by atoms with Crippen molar-refractivity contribution in [3.8, 4) is 11.5 Å². The average molecular weight is 379 g/mol. The smallest absolute Gasteiger partial charge is 0.159 e. The Balaban J connectivity index is 2.66. The predicted molar refractivity (Wildman–Crippen MR) is 84.5 cm³/mol. The number of nitrogens with one attached hydrogen (secondary N) is 1. The van der Waals surface area contributed by atoms with Gasteiger partial charge in [-0.1, -0.05) is 49.3 Å². The van der Waals surface area contributed by atoms with Crippen LogP contribution in [0.2, 0.25) is 10.0 Å². The lowest BCUT2D eigenvalue weighted by Crippen LogP contribution is -2.01. The lowest BCUT2D eigenvalue weighted by molar-refractivity contribution is 0.806. The lowest BCUT2D eigenvalue weighted by atomic mass is 10.1. The van der Waals surface area contributed by atoms with Crippen LogP contribution in [-0.4, -0.2) is 15.0 Å². The minimum absolute atomic E-state index is 0.268. The van der Waals surface area contributed by atoms with Gasteiger partial charge >= 0.3 is 0 Å². The standard InChI is InChI=1S/C12H10BrCl2N3S/c1-5(2)9-8(13)12(19)18-11(17-9)10-7(15)3-6(14)4-16-10/h3-5H,1-2H3,(H,17,18,19). The van der Waals surface area contributed by atoms with E-state index in [-0.39, 0.29) is 5.92 Å². The van der Waals surface area contributed by atoms with Crippen LogP contribution in [0, 0.1) is 4.64 Å². The Morgan fingerprint density at radius 2 is 2.05 bits per heavy atom. The number of aromatic amines is 1. The number of halogens is 3. The molecule has 2 heterocycles. The van der Waals surface area contributed by atoms with Crippen molar-refractivity contribution in [1.82, 2.24) is 15.0 Å². The van der Waals surface area contributed by atoms with Gasteiger partial charge in [0.05, 0.1) is 14.5 Å². The summed E-state index contributed by atoms with van der Waals surface area (Å²) >= 11 is 20.7. The van der Waals surface area contributed by atoms with Gasteiger partial charge in [0.25, 0.3) is 0 Å². The van der Waals surface area contributed by atoms with E-state index in [0.29, 0.717) is 26.2 Å². The zero-order valence-electron chi connectivity index (χ0n) is 10.2. The highest BCUT2D eigenvalue weighted by molar-refractivity contribution is 9.10. The molecule has 0 bridgehead atoms. The molecule has 2 aromatic heterocycles. The van der Waals surface area contributed by atoms with Gasteiger partial charge in [-0.25, -0.2) is 9.97 Å². The molecule has 3 nitrogen and oxygen atoms in total. The molecule has 0 saturated heterocycles. The van der Waals surface area contributed by atoms with Gasteiger partial charge in [-0.2, -0.15) is 0 Å². The highest BCUT2D eigenvalue weighted by atomic mass is 79.9. The van der Waals surface area contributed by atoms with E-state index in [2.05, 4.69) is 44.7 Å². The topological polar surface area (TPSA) is 41.6 Å². The Bertz CT molecular complexity index is 685. The molecule has 0 fully saturated rings. The molecule has 0 aliphatic carbocycles. The van der Waals surface area contributed by atoms with Crippen LogP contribution in [0.4, 0.5) is 0 Å². The summed E-state index contributed by atoms with van der Waals surface area (Å²) in [7, 11) is 0. The van der Waals surface area contributed by atoms with Crippen molar-refractivity contribution in [1.29, 1.82) is 0 Å². The summed E-state index contributed by atoms with van der Waals surface area (Å²) < 4.78 is 1.27. The van der Waals surface area contributed by atoms with Crippen molar-refractivity contribution in [2.24, 2.45) is 0 Å². The average Bonchev–Trinajstić information content (AvgIpc) is 2.32. The molecule has 0 atom stereocenters. The number of pyridine rings is 1. The fraction of sp³-hybridized carbons (Fsp3) is 0.250. The molecule has 2 rings (SSSR count). The van der Waals surface area contributed by atoms with E-state index in [1.54, 1.807) is 6.07 Å². The van der Waals surface area contributed by atoms with Crippen LogP contribution in [0.15, 0.2) is 16.7 Å². The molecular weight excluding hydrogens is 369 g/mol. The van der Waals surface area contributed by atoms with Gasteiger partial charge in [0, 0.05) is 11.9 Å². The maximum absolute atomic E-state index is 6.14. The van der Waals surface area contributed by atoms with E-state index >= 15 is 0 Å². The van der Waals surface area contributed by atoms with Crippen molar-refractivity contribution in [3.05, 3.63) is 37.1 Å². The first-order chi connectivity index (χ1) is 8.90. The molecule has 0 aliphatic rings. The summed E-state index contributed by atoms with van der Waals surface area (Å²) in [5, 5.41) is 0.913. The first kappa shape index (κ1) is 14.9. The van der Waals surface area contributed by atoms with Crippen molar-refractivity contribution < 1.29 is 0 Å². The number of rotatable bonds is 2. The molecule has 0 amide bonds. The second-order valence-electron chi connectivity index (χ2n) is 4.26. The third kappa shape index (κ3) is 3.16. The van der Waals surface area contributed by atoms with Crippen LogP contribution in [0.25, 0.3) is 11.5 Å². The Labute approximate surface area is 134 Å². The molecule has 1 N–H and O–H groups in total. The van der Waals surface area contributed by atoms with Crippen molar-refractivity contribution in [3.63, 3.8) is 0 Å². The van der Waals surface area contributed by atoms with E-state index in [1.807, 2.05) is 0 Å². The van der Waals surface area contributed by atoms with Gasteiger partial charge in [-0.3, -0.25) is 0 Å². The molecule has 19 heavy (non-hydrogen) atoms. The fourth-order valence-electron chi connectivity index (χ4n) is 1.57. The molecule has 0 unspecified atom stereocenters. The third-order valence-electron chi connectivity index (χ3n) is 2.50. The predicted octanol–water partition coefficient (Wildman–Crippen LogP) is 5.39. The normalized spacial score (nSPS) is 11.1. The van der Waals surface area contributed by atoms with Crippen LogP contribution in [0.1, 0.15) is 25.5 Å². The van der Waals surface area contributed by atoms with E-state index in [0.717, 1.165) is 10.2 Å². The summed E-state index contributed by atoms with van der Waals surface area (Å²) in [6.45, 7) is 4.12. The fourth-order valence-corrected chi connectivity index (χ4v) is 2.89. The summed E-state index contributed by atoms with van der Waals surface area (Å²) in [6.07, 6.45) is 1.53. The van der Waals surface area contributed by atoms with E-state index < -0.39 is 0 Å². The Hall–Kier alpha value is -0.490. The number of hydrogen-bond donors (Lipinski definition) is 1. The lowest BCUT2D eigenvalue weighted by Gasteiger charge is -2.11. The molecule has 0 radical (unpaired) electrons. The maximum atomic E-state index is 6.14. The molecular formula is C12H10BrCl2N3S. The molecule has 100 valence electrons. The van der Waals surface area contributed by atoms with E-state index in [1.165, 1.54) is 6.20 Å². The zero-order valence-corrected chi connectivity index (χ0v) is 14.1. The molecule has 0 spiro atoms. The van der Waals surface area contributed by atoms with Gasteiger partial charge in [0.1, 0.15) is 10.3 Å². The number of aromatic nitrogens is 3. The van der Waals surface area contributed by atoms with Crippen LogP contribution in [-0.2, 0) is 0 Å². The van der Waals surface area contributed by atoms with Gasteiger partial charge < -0.3 is 4.98 Å². The molecule has 7 heteroatoms. The Morgan fingerprint density at radius 1 is 1.37 bits per heavy atom. The van der Waals surface area contributed by atoms with Gasteiger partial charge in [-0.05, 0) is 27.9 Å². The highest BCUT2D eigenvalue weighted by Crippen LogP contribution is 2.29. The molecule has 0 aromatic carbocycles. The highest BCUT2D eigenvalue weighted by Gasteiger charge is 2.14. The SMILES string of the molecule is CC(C)c1[nH]c(-c2ncc(Cl)cc2Cl)nc(=S)c1Br. The quantitative estimate of drug-likeness (QED) is 0.711. The minimum Gasteiger partial charge on any atom is -0.340 e. The second kappa shape index (κ2) is 5.87. The first-order valence-corrected chi connectivity index (χ1v) is 7.47. The van der Waals surface area contributed by atoms with Crippen molar-refractivity contribution >= 4 is 51.3 Å². The van der Waals surface area contributed by atoms with E-state index in [4.69, 9.17) is 35.4 Å². The summed E-state index contributed by atoms with van der Waals surface area (Å²) in [4.78, 5) is 11.7. The summed E-state index contributed by atoms with van der Waals surface area (Å²) in [5.41, 5.74) is 1.49. The summed E-state index contributed by atoms with van der Waals surface area (Å²) in [6, 6.07) is 1.63. The molecule has 0 aliphatic heterocycles. The van der Waals surface area contributed by atoms with Crippen molar-refractivity contribution in [2.75, 3.05) is 0 Å². The summed E-state index contributed by atoms with van der Waals surface area (Å²) in [5.74, 6) is 0.808. The minimum atomic E-state index is 0.268. The van der Waals surface area contributed by atoms with Gasteiger partial charge in [0.2, 0.25) is 0 Å². The number of H-pyrrole nitrogens is 1. The van der Waals surface area contributed by atoms with Crippen LogP contribution < -0.4 is 0 Å². The second-order valence-corrected chi connectivity index (χ2v) is 6.28. The van der Waals surface area contributed by atoms with Gasteiger partial charge in [0.15, 0.2) is 5.82 Å². The zero-order chi connectivity index (χ0) is 14.2. The number of hydrogen-bond acceptors (Lipinski definition) is 3. The Morgan fingerprint density at radius 3 is 2.63 bits per heavy atom. The van der Waals surface area contributed by atoms with Crippen LogP contribution in [0.3, 0.4) is 0 Å². The maximum Gasteiger partial charge on any atom is 0.159 e. The Kier molecular flexibility index (Phi) is 4.61. The van der Waals surface area contributed by atoms with Crippen LogP contribution >= 0.6 is 51.3 Å². The molecule has 2 aromatic rings. The monoisotopic (exact) mass is 377 g/mol. The molecule has 0 saturated carbocycles.